The molecular weight excluding hydrogens is 248 g/mol. The van der Waals surface area contributed by atoms with Crippen LogP contribution in [0.3, 0.4) is 0 Å². The zero-order valence-corrected chi connectivity index (χ0v) is 12.0. The Hall–Kier alpha value is -1.55. The molecule has 4 nitrogen and oxygen atoms in total. The topological polar surface area (TPSA) is 53.6 Å². The van der Waals surface area contributed by atoms with Gasteiger partial charge < -0.3 is 4.90 Å². The summed E-state index contributed by atoms with van der Waals surface area (Å²) < 4.78 is 0. The third-order valence-electron chi connectivity index (χ3n) is 4.91. The van der Waals surface area contributed by atoms with Crippen LogP contribution in [0.2, 0.25) is 0 Å². The van der Waals surface area contributed by atoms with Crippen LogP contribution in [0.4, 0.5) is 5.69 Å². The van der Waals surface area contributed by atoms with Gasteiger partial charge >= 0.3 is 0 Å². The van der Waals surface area contributed by atoms with E-state index in [2.05, 4.69) is 15.3 Å². The summed E-state index contributed by atoms with van der Waals surface area (Å²) in [5, 5.41) is 0. The molecule has 4 heteroatoms. The largest absolute Gasteiger partial charge is 0.342 e. The third-order valence-corrected chi connectivity index (χ3v) is 4.91. The minimum Gasteiger partial charge on any atom is -0.342 e. The molecule has 1 aromatic carbocycles. The molecule has 0 unspecified atom stereocenters. The Bertz CT molecular complexity index is 453. The van der Waals surface area contributed by atoms with Crippen LogP contribution in [0, 0.1) is 5.41 Å². The van der Waals surface area contributed by atoms with Crippen molar-refractivity contribution in [2.45, 2.75) is 38.5 Å². The molecule has 0 aromatic heterocycles. The van der Waals surface area contributed by atoms with Crippen LogP contribution in [0.1, 0.15) is 38.5 Å². The second-order valence-corrected chi connectivity index (χ2v) is 6.11. The van der Waals surface area contributed by atoms with Gasteiger partial charge in [-0.05, 0) is 43.2 Å². The number of hydrazine groups is 1. The van der Waals surface area contributed by atoms with Crippen molar-refractivity contribution in [1.82, 2.24) is 10.3 Å². The van der Waals surface area contributed by atoms with Gasteiger partial charge in [-0.2, -0.15) is 0 Å². The Morgan fingerprint density at radius 2 is 1.70 bits per heavy atom. The normalized spacial score (nSPS) is 22.2. The van der Waals surface area contributed by atoms with Crippen LogP contribution in [0.25, 0.3) is 0 Å². The van der Waals surface area contributed by atoms with E-state index < -0.39 is 0 Å². The van der Waals surface area contributed by atoms with Crippen molar-refractivity contribution in [1.29, 1.82) is 0 Å². The van der Waals surface area contributed by atoms with Crippen LogP contribution in [-0.2, 0) is 0 Å². The number of guanidine groups is 1. The number of nitrogens with one attached hydrogen (secondary N) is 1. The number of aliphatic imine (C=N–C) groups is 1. The lowest BCUT2D eigenvalue weighted by molar-refractivity contribution is 0.151. The van der Waals surface area contributed by atoms with E-state index in [4.69, 9.17) is 5.84 Å². The van der Waals surface area contributed by atoms with E-state index in [0.717, 1.165) is 24.7 Å². The SMILES string of the molecule is NNC(=Nc1ccccc1)N1CCC2(CCCC2)CC1. The Labute approximate surface area is 121 Å². The number of nitrogens with zero attached hydrogens (tertiary/aromatic N) is 2. The number of likely N-dealkylation sites (tertiary alicyclic amines) is 1. The Kier molecular flexibility index (Phi) is 3.92. The van der Waals surface area contributed by atoms with E-state index in [0.29, 0.717) is 5.41 Å². The summed E-state index contributed by atoms with van der Waals surface area (Å²) in [7, 11) is 0. The minimum absolute atomic E-state index is 0.628. The first-order valence-electron chi connectivity index (χ1n) is 7.67. The van der Waals surface area contributed by atoms with E-state index in [-0.39, 0.29) is 0 Å². The molecular formula is C16H24N4. The standard InChI is InChI=1S/C16H24N4/c17-19-15(18-14-6-2-1-3-7-14)20-12-10-16(11-13-20)8-4-5-9-16/h1-3,6-7H,4-5,8-13,17H2,(H,18,19). The summed E-state index contributed by atoms with van der Waals surface area (Å²) in [6.45, 7) is 2.13. The monoisotopic (exact) mass is 272 g/mol. The Morgan fingerprint density at radius 1 is 1.05 bits per heavy atom. The first-order chi connectivity index (χ1) is 9.81. The van der Waals surface area contributed by atoms with Gasteiger partial charge in [-0.3, -0.25) is 5.43 Å². The fourth-order valence-electron chi connectivity index (χ4n) is 3.64. The minimum atomic E-state index is 0.628. The smallest absolute Gasteiger partial charge is 0.213 e. The fourth-order valence-corrected chi connectivity index (χ4v) is 3.64. The Balaban J connectivity index is 1.67. The molecule has 1 saturated heterocycles. The molecule has 20 heavy (non-hydrogen) atoms. The van der Waals surface area contributed by atoms with Crippen LogP contribution in [0.5, 0.6) is 0 Å². The molecule has 1 aliphatic heterocycles. The number of nitrogens with two attached hydrogens (primary N) is 1. The molecule has 0 radical (unpaired) electrons. The van der Waals surface area contributed by atoms with Crippen molar-refractivity contribution >= 4 is 11.6 Å². The van der Waals surface area contributed by atoms with Crippen molar-refractivity contribution < 1.29 is 0 Å². The number of hydrogen-bond acceptors (Lipinski definition) is 2. The molecule has 108 valence electrons. The number of piperidine rings is 1. The number of rotatable bonds is 1. The van der Waals surface area contributed by atoms with Gasteiger partial charge in [0.05, 0.1) is 5.69 Å². The summed E-state index contributed by atoms with van der Waals surface area (Å²) in [5.74, 6) is 6.47. The summed E-state index contributed by atoms with van der Waals surface area (Å²) in [5.41, 5.74) is 4.35. The zero-order valence-electron chi connectivity index (χ0n) is 12.0. The molecule has 1 saturated carbocycles. The van der Waals surface area contributed by atoms with Gasteiger partial charge in [0.2, 0.25) is 5.96 Å². The quantitative estimate of drug-likeness (QED) is 0.358. The predicted octanol–water partition coefficient (Wildman–Crippen LogP) is 2.79. The summed E-state index contributed by atoms with van der Waals surface area (Å²) >= 11 is 0. The highest BCUT2D eigenvalue weighted by Crippen LogP contribution is 2.46. The van der Waals surface area contributed by atoms with E-state index >= 15 is 0 Å². The number of hydrogen-bond donors (Lipinski definition) is 2. The second-order valence-electron chi connectivity index (χ2n) is 6.11. The maximum absolute atomic E-state index is 5.67. The van der Waals surface area contributed by atoms with E-state index in [1.807, 2.05) is 30.3 Å². The Morgan fingerprint density at radius 3 is 2.30 bits per heavy atom. The fraction of sp³-hybridized carbons (Fsp3) is 0.562. The zero-order chi connectivity index (χ0) is 13.8. The van der Waals surface area contributed by atoms with Crippen molar-refractivity contribution in [3.8, 4) is 0 Å². The van der Waals surface area contributed by atoms with Gasteiger partial charge in [0.25, 0.3) is 0 Å². The first kappa shape index (κ1) is 13.4. The van der Waals surface area contributed by atoms with Crippen LogP contribution in [-0.4, -0.2) is 23.9 Å². The van der Waals surface area contributed by atoms with E-state index in [1.54, 1.807) is 0 Å². The molecule has 1 aromatic rings. The molecule has 2 fully saturated rings. The second kappa shape index (κ2) is 5.83. The van der Waals surface area contributed by atoms with Crippen molar-refractivity contribution in [3.63, 3.8) is 0 Å². The predicted molar refractivity (Wildman–Crippen MR) is 82.6 cm³/mol. The van der Waals surface area contributed by atoms with E-state index in [9.17, 15) is 0 Å². The summed E-state index contributed by atoms with van der Waals surface area (Å²) in [4.78, 5) is 6.91. The number of benzene rings is 1. The molecule has 0 amide bonds. The van der Waals surface area contributed by atoms with Gasteiger partial charge in [0, 0.05) is 13.1 Å². The van der Waals surface area contributed by atoms with Gasteiger partial charge in [0.1, 0.15) is 0 Å². The molecule has 1 heterocycles. The van der Waals surface area contributed by atoms with Gasteiger partial charge in [-0.25, -0.2) is 10.8 Å². The van der Waals surface area contributed by atoms with Crippen molar-refractivity contribution in [2.24, 2.45) is 16.3 Å². The molecule has 1 spiro atoms. The molecule has 3 rings (SSSR count). The van der Waals surface area contributed by atoms with E-state index in [1.165, 1.54) is 38.5 Å². The number of para-hydroxylation sites is 1. The summed E-state index contributed by atoms with van der Waals surface area (Å²) in [6, 6.07) is 9.99. The van der Waals surface area contributed by atoms with Crippen LogP contribution >= 0.6 is 0 Å². The lowest BCUT2D eigenvalue weighted by atomic mass is 9.77. The van der Waals surface area contributed by atoms with Gasteiger partial charge in [-0.15, -0.1) is 0 Å². The maximum atomic E-state index is 5.67. The molecule has 0 bridgehead atoms. The molecule has 3 N–H and O–H groups in total. The van der Waals surface area contributed by atoms with Crippen molar-refractivity contribution in [2.75, 3.05) is 13.1 Å². The summed E-state index contributed by atoms with van der Waals surface area (Å²) in [6.07, 6.45) is 8.23. The molecule has 2 aliphatic rings. The van der Waals surface area contributed by atoms with Crippen molar-refractivity contribution in [3.05, 3.63) is 30.3 Å². The first-order valence-corrected chi connectivity index (χ1v) is 7.67. The average Bonchev–Trinajstić information content (AvgIpc) is 2.95. The van der Waals surface area contributed by atoms with Gasteiger partial charge in [-0.1, -0.05) is 31.0 Å². The molecule has 0 atom stereocenters. The highest BCUT2D eigenvalue weighted by molar-refractivity contribution is 5.82. The highest BCUT2D eigenvalue weighted by atomic mass is 15.4. The lowest BCUT2D eigenvalue weighted by Gasteiger charge is -2.40. The van der Waals surface area contributed by atoms with Crippen LogP contribution < -0.4 is 11.3 Å². The average molecular weight is 272 g/mol. The van der Waals surface area contributed by atoms with Gasteiger partial charge in [0.15, 0.2) is 0 Å². The highest BCUT2D eigenvalue weighted by Gasteiger charge is 2.37. The van der Waals surface area contributed by atoms with Crippen LogP contribution in [0.15, 0.2) is 35.3 Å². The maximum Gasteiger partial charge on any atom is 0.213 e. The lowest BCUT2D eigenvalue weighted by Crippen LogP contribution is -2.49. The molecule has 1 aliphatic carbocycles. The third kappa shape index (κ3) is 2.80.